The molecule has 0 aliphatic rings. The summed E-state index contributed by atoms with van der Waals surface area (Å²) in [4.78, 5) is 16.2. The first-order valence-corrected chi connectivity index (χ1v) is 7.21. The van der Waals surface area contributed by atoms with Crippen molar-refractivity contribution in [2.45, 2.75) is 0 Å². The number of oxazole rings is 1. The number of hydrogen-bond donors (Lipinski definition) is 0. The molecule has 0 atom stereocenters. The second kappa shape index (κ2) is 4.71. The summed E-state index contributed by atoms with van der Waals surface area (Å²) in [7, 11) is 0. The van der Waals surface area contributed by atoms with Gasteiger partial charge in [-0.15, -0.1) is 11.3 Å². The number of furan rings is 1. The normalized spacial score (nSPS) is 11.0. The minimum absolute atomic E-state index is 0.310. The van der Waals surface area contributed by atoms with Crippen molar-refractivity contribution in [2.24, 2.45) is 0 Å². The summed E-state index contributed by atoms with van der Waals surface area (Å²) in [6.45, 7) is 0. The number of thiophene rings is 1. The molecule has 0 spiro atoms. The van der Waals surface area contributed by atoms with Gasteiger partial charge in [0.1, 0.15) is 11.3 Å². The molecule has 5 heteroatoms. The number of rotatable bonds is 3. The fraction of sp³-hybridized carbons (Fsp3) is 0. The van der Waals surface area contributed by atoms with Crippen molar-refractivity contribution in [3.8, 4) is 22.1 Å². The number of carbonyl (C=O) groups is 1. The molecular weight excluding hydrogens is 286 g/mol. The van der Waals surface area contributed by atoms with E-state index in [1.54, 1.807) is 23.5 Å². The third-order valence-electron chi connectivity index (χ3n) is 3.15. The maximum atomic E-state index is 10.7. The van der Waals surface area contributed by atoms with Gasteiger partial charge >= 0.3 is 0 Å². The van der Waals surface area contributed by atoms with Gasteiger partial charge in [-0.1, -0.05) is 6.07 Å². The molecule has 0 fully saturated rings. The number of aromatic nitrogens is 1. The summed E-state index contributed by atoms with van der Waals surface area (Å²) < 4.78 is 11.2. The van der Waals surface area contributed by atoms with Gasteiger partial charge in [0, 0.05) is 5.56 Å². The summed E-state index contributed by atoms with van der Waals surface area (Å²) in [6, 6.07) is 13.0. The second-order valence-corrected chi connectivity index (χ2v) is 5.45. The van der Waals surface area contributed by atoms with Crippen LogP contribution in [0.3, 0.4) is 0 Å². The summed E-state index contributed by atoms with van der Waals surface area (Å²) in [5.41, 5.74) is 2.35. The number of aldehydes is 1. The van der Waals surface area contributed by atoms with Crippen LogP contribution in [0.15, 0.2) is 56.7 Å². The quantitative estimate of drug-likeness (QED) is 0.517. The lowest BCUT2D eigenvalue weighted by atomic mass is 10.1. The second-order valence-electron chi connectivity index (χ2n) is 4.50. The van der Waals surface area contributed by atoms with Crippen LogP contribution in [0.25, 0.3) is 33.2 Å². The van der Waals surface area contributed by atoms with Gasteiger partial charge in [0.25, 0.3) is 0 Å². The van der Waals surface area contributed by atoms with Gasteiger partial charge in [0.15, 0.2) is 17.6 Å². The molecule has 0 radical (unpaired) electrons. The molecular formula is C16H9NO3S. The molecule has 0 saturated heterocycles. The molecule has 0 aliphatic heterocycles. The van der Waals surface area contributed by atoms with Gasteiger partial charge in [0.05, 0.1) is 4.88 Å². The van der Waals surface area contributed by atoms with E-state index >= 15 is 0 Å². The molecule has 4 nitrogen and oxygen atoms in total. The monoisotopic (exact) mass is 295 g/mol. The Labute approximate surface area is 123 Å². The predicted molar refractivity (Wildman–Crippen MR) is 80.4 cm³/mol. The molecule has 0 saturated carbocycles. The van der Waals surface area contributed by atoms with E-state index in [2.05, 4.69) is 4.98 Å². The lowest BCUT2D eigenvalue weighted by molar-refractivity contribution is 0.110. The Morgan fingerprint density at radius 2 is 2.05 bits per heavy atom. The van der Waals surface area contributed by atoms with Gasteiger partial charge in [0.2, 0.25) is 5.89 Å². The first-order valence-electron chi connectivity index (χ1n) is 6.33. The lowest BCUT2D eigenvalue weighted by Gasteiger charge is -1.95. The number of nitrogens with zero attached hydrogens (tertiary/aromatic N) is 1. The highest BCUT2D eigenvalue weighted by molar-refractivity contribution is 7.13. The van der Waals surface area contributed by atoms with Crippen molar-refractivity contribution in [1.82, 2.24) is 4.98 Å². The average molecular weight is 295 g/mol. The van der Waals surface area contributed by atoms with Crippen molar-refractivity contribution < 1.29 is 13.6 Å². The van der Waals surface area contributed by atoms with E-state index in [9.17, 15) is 4.79 Å². The predicted octanol–water partition coefficient (Wildman–Crippen LogP) is 4.63. The summed E-state index contributed by atoms with van der Waals surface area (Å²) >= 11 is 1.58. The third-order valence-corrected chi connectivity index (χ3v) is 4.00. The van der Waals surface area contributed by atoms with Crippen LogP contribution < -0.4 is 0 Å². The Morgan fingerprint density at radius 3 is 2.81 bits per heavy atom. The molecule has 0 unspecified atom stereocenters. The first kappa shape index (κ1) is 12.1. The van der Waals surface area contributed by atoms with Gasteiger partial charge in [-0.05, 0) is 41.8 Å². The van der Waals surface area contributed by atoms with E-state index in [-0.39, 0.29) is 0 Å². The van der Waals surface area contributed by atoms with Crippen molar-refractivity contribution in [3.05, 3.63) is 53.6 Å². The molecule has 0 amide bonds. The minimum Gasteiger partial charge on any atom is -0.453 e. The smallest absolute Gasteiger partial charge is 0.237 e. The van der Waals surface area contributed by atoms with Crippen molar-refractivity contribution in [3.63, 3.8) is 0 Å². The van der Waals surface area contributed by atoms with Crippen LogP contribution in [0.1, 0.15) is 10.6 Å². The van der Waals surface area contributed by atoms with E-state index < -0.39 is 0 Å². The van der Waals surface area contributed by atoms with Gasteiger partial charge in [-0.3, -0.25) is 4.79 Å². The highest BCUT2D eigenvalue weighted by Crippen LogP contribution is 2.30. The Bertz CT molecular complexity index is 918. The molecule has 0 N–H and O–H groups in total. The molecule has 4 rings (SSSR count). The maximum absolute atomic E-state index is 10.7. The fourth-order valence-electron chi connectivity index (χ4n) is 2.16. The number of carbonyl (C=O) groups excluding carboxylic acids is 1. The van der Waals surface area contributed by atoms with Crippen LogP contribution in [0.4, 0.5) is 0 Å². The van der Waals surface area contributed by atoms with Crippen LogP contribution >= 0.6 is 11.3 Å². The number of fused-ring (bicyclic) bond motifs is 1. The number of benzene rings is 1. The topological polar surface area (TPSA) is 56.2 Å². The molecule has 4 aromatic rings. The van der Waals surface area contributed by atoms with E-state index in [0.717, 1.165) is 21.5 Å². The molecule has 102 valence electrons. The summed E-state index contributed by atoms with van der Waals surface area (Å²) in [6.07, 6.45) is 0.688. The van der Waals surface area contributed by atoms with E-state index in [1.807, 2.05) is 35.7 Å². The van der Waals surface area contributed by atoms with Crippen LogP contribution in [0.2, 0.25) is 0 Å². The van der Waals surface area contributed by atoms with Crippen molar-refractivity contribution in [1.29, 1.82) is 0 Å². The Morgan fingerprint density at radius 1 is 1.10 bits per heavy atom. The van der Waals surface area contributed by atoms with Crippen LogP contribution in [-0.2, 0) is 0 Å². The third kappa shape index (κ3) is 2.08. The molecule has 21 heavy (non-hydrogen) atoms. The molecule has 0 bridgehead atoms. The Balaban J connectivity index is 1.80. The molecule has 1 aromatic carbocycles. The highest BCUT2D eigenvalue weighted by atomic mass is 32.1. The van der Waals surface area contributed by atoms with E-state index in [4.69, 9.17) is 8.83 Å². The highest BCUT2D eigenvalue weighted by Gasteiger charge is 2.11. The van der Waals surface area contributed by atoms with Gasteiger partial charge in [-0.25, -0.2) is 4.98 Å². The largest absolute Gasteiger partial charge is 0.453 e. The zero-order valence-corrected chi connectivity index (χ0v) is 11.6. The molecule has 3 heterocycles. The summed E-state index contributed by atoms with van der Waals surface area (Å²) in [5, 5.41) is 1.99. The number of hydrogen-bond acceptors (Lipinski definition) is 5. The SMILES string of the molecule is O=Cc1ccc(-c2ccc3oc(-c4cccs4)nc3c2)o1. The van der Waals surface area contributed by atoms with Crippen molar-refractivity contribution >= 4 is 28.7 Å². The van der Waals surface area contributed by atoms with Crippen LogP contribution in [0, 0.1) is 0 Å². The standard InChI is InChI=1S/C16H9NO3S/c18-9-11-4-6-13(19-11)10-3-5-14-12(8-10)17-16(20-14)15-2-1-7-21-15/h1-9H. The average Bonchev–Trinajstić information content (AvgIpc) is 3.24. The van der Waals surface area contributed by atoms with Gasteiger partial charge < -0.3 is 8.83 Å². The van der Waals surface area contributed by atoms with E-state index in [1.165, 1.54) is 0 Å². The maximum Gasteiger partial charge on any atom is 0.237 e. The first-order chi connectivity index (χ1) is 10.3. The van der Waals surface area contributed by atoms with Gasteiger partial charge in [-0.2, -0.15) is 0 Å². The molecule has 0 aliphatic carbocycles. The minimum atomic E-state index is 0.310. The zero-order chi connectivity index (χ0) is 14.2. The fourth-order valence-corrected chi connectivity index (χ4v) is 2.81. The Kier molecular flexibility index (Phi) is 2.72. The van der Waals surface area contributed by atoms with Crippen LogP contribution in [0.5, 0.6) is 0 Å². The molecule has 3 aromatic heterocycles. The van der Waals surface area contributed by atoms with Crippen molar-refractivity contribution in [2.75, 3.05) is 0 Å². The Hall–Kier alpha value is -2.66. The van der Waals surface area contributed by atoms with E-state index in [0.29, 0.717) is 23.7 Å². The summed E-state index contributed by atoms with van der Waals surface area (Å²) in [5.74, 6) is 1.56. The lowest BCUT2D eigenvalue weighted by Crippen LogP contribution is -1.75. The zero-order valence-electron chi connectivity index (χ0n) is 10.8. The van der Waals surface area contributed by atoms with Crippen LogP contribution in [-0.4, -0.2) is 11.3 Å².